The van der Waals surface area contributed by atoms with Gasteiger partial charge < -0.3 is 15.0 Å². The molecule has 0 aliphatic rings. The number of H-pyrrole nitrogens is 1. The molecule has 0 bridgehead atoms. The minimum atomic E-state index is -0.650. The number of aromatic nitrogens is 4. The van der Waals surface area contributed by atoms with Crippen LogP contribution in [0.4, 0.5) is 0 Å². The second-order valence-electron chi connectivity index (χ2n) is 8.64. The molecule has 6 nitrogen and oxygen atoms in total. The third-order valence-corrected chi connectivity index (χ3v) is 5.71. The largest absolute Gasteiger partial charge is 0.398 e. The van der Waals surface area contributed by atoms with Crippen molar-refractivity contribution in [3.05, 3.63) is 117 Å². The van der Waals surface area contributed by atoms with Crippen LogP contribution in [0.1, 0.15) is 36.5 Å². The monoisotopic (exact) mass is 655 g/mol. The van der Waals surface area contributed by atoms with E-state index in [1.165, 1.54) is 11.1 Å². The zero-order valence-electron chi connectivity index (χ0n) is 20.5. The smallest absolute Gasteiger partial charge is 0.174 e. The van der Waals surface area contributed by atoms with Gasteiger partial charge in [0.1, 0.15) is 0 Å². The number of benzene rings is 2. The van der Waals surface area contributed by atoms with Crippen LogP contribution in [0, 0.1) is 19.9 Å². The van der Waals surface area contributed by atoms with E-state index in [0.717, 1.165) is 22.0 Å². The maximum absolute atomic E-state index is 11.8. The second kappa shape index (κ2) is 11.8. The van der Waals surface area contributed by atoms with E-state index in [0.29, 0.717) is 22.9 Å². The number of aromatic amines is 1. The summed E-state index contributed by atoms with van der Waals surface area (Å²) in [5.74, 6) is 0.425. The Morgan fingerprint density at radius 2 is 1.78 bits per heavy atom. The van der Waals surface area contributed by atoms with Crippen LogP contribution >= 0.6 is 0 Å². The van der Waals surface area contributed by atoms with Gasteiger partial charge in [0.15, 0.2) is 11.2 Å². The molecule has 0 unspecified atom stereocenters. The van der Waals surface area contributed by atoms with Gasteiger partial charge in [-0.2, -0.15) is 0 Å². The molecule has 7 heteroatoms. The Morgan fingerprint density at radius 1 is 0.972 bits per heavy atom. The molecule has 1 radical (unpaired) electrons. The molecule has 0 saturated carbocycles. The molecular weight excluding hydrogens is 629 g/mol. The molecule has 2 aromatic carbocycles. The Bertz CT molecular complexity index is 1570. The van der Waals surface area contributed by atoms with Gasteiger partial charge in [0, 0.05) is 37.9 Å². The average molecular weight is 655 g/mol. The number of rotatable bonds is 3. The third-order valence-electron chi connectivity index (χ3n) is 5.71. The minimum absolute atomic E-state index is 0. The predicted octanol–water partition coefficient (Wildman–Crippen LogP) is 5.19. The van der Waals surface area contributed by atoms with E-state index >= 15 is 0 Å². The van der Waals surface area contributed by atoms with Crippen LogP contribution in [0.15, 0.2) is 82.6 Å². The predicted molar refractivity (Wildman–Crippen MR) is 139 cm³/mol. The van der Waals surface area contributed by atoms with E-state index < -0.39 is 11.2 Å². The van der Waals surface area contributed by atoms with Gasteiger partial charge in [-0.1, -0.05) is 44.2 Å². The van der Waals surface area contributed by atoms with Crippen LogP contribution in [0.5, 0.6) is 0 Å². The first-order valence-electron chi connectivity index (χ1n) is 11.4. The summed E-state index contributed by atoms with van der Waals surface area (Å²) in [5.41, 5.74) is 4.66. The fraction of sp³-hybridized carbons (Fsp3) is 0.172. The molecule has 0 atom stereocenters. The minimum Gasteiger partial charge on any atom is -0.398 e. The summed E-state index contributed by atoms with van der Waals surface area (Å²) in [6.45, 7) is 7.94. The van der Waals surface area contributed by atoms with E-state index in [-0.39, 0.29) is 20.1 Å². The number of nitrogens with zero attached hydrogens (tertiary/aromatic N) is 3. The van der Waals surface area contributed by atoms with E-state index in [4.69, 9.17) is 0 Å². The van der Waals surface area contributed by atoms with Crippen molar-refractivity contribution < 1.29 is 20.1 Å². The van der Waals surface area contributed by atoms with Crippen molar-refractivity contribution in [2.24, 2.45) is 0 Å². The molecule has 5 aromatic rings. The summed E-state index contributed by atoms with van der Waals surface area (Å²) in [4.78, 5) is 38.1. The Hall–Kier alpha value is -3.67. The van der Waals surface area contributed by atoms with Gasteiger partial charge in [0.05, 0.1) is 5.69 Å². The van der Waals surface area contributed by atoms with E-state index in [1.807, 2.05) is 61.7 Å². The van der Waals surface area contributed by atoms with Gasteiger partial charge in [0.25, 0.3) is 0 Å². The molecular formula is C29H26IrN4O2-2. The molecule has 0 aliphatic heterocycles. The summed E-state index contributed by atoms with van der Waals surface area (Å²) < 4.78 is 0. The van der Waals surface area contributed by atoms with Crippen molar-refractivity contribution in [3.8, 4) is 22.6 Å². The quantitative estimate of drug-likeness (QED) is 0.271. The Labute approximate surface area is 223 Å². The molecule has 0 saturated heterocycles. The molecule has 36 heavy (non-hydrogen) atoms. The summed E-state index contributed by atoms with van der Waals surface area (Å²) in [6, 6.07) is 23.1. The van der Waals surface area contributed by atoms with Crippen molar-refractivity contribution in [2.45, 2.75) is 33.6 Å². The van der Waals surface area contributed by atoms with Crippen molar-refractivity contribution in [3.63, 3.8) is 0 Å². The van der Waals surface area contributed by atoms with E-state index in [1.54, 1.807) is 13.1 Å². The second-order valence-corrected chi connectivity index (χ2v) is 8.64. The SMILES string of the molecule is Cc1c(-c2nccc3cc(C(C)C)ccc23)[n-]c(=O)[nH]c1=O.Cc1ccc(-c2[c-]cccc2)nc1.[Ir]. The van der Waals surface area contributed by atoms with Crippen LogP contribution in [-0.4, -0.2) is 15.0 Å². The van der Waals surface area contributed by atoms with Crippen molar-refractivity contribution in [2.75, 3.05) is 0 Å². The van der Waals surface area contributed by atoms with Gasteiger partial charge in [-0.25, -0.2) is 0 Å². The van der Waals surface area contributed by atoms with Crippen molar-refractivity contribution in [1.82, 2.24) is 19.9 Å². The third kappa shape index (κ3) is 6.11. The molecule has 0 aliphatic carbocycles. The standard InChI is InChI=1S/C17H17N3O2.C12H10N.Ir/c1-9(2)11-4-5-13-12(8-11)6-7-18-15(13)14-10(3)16(21)20-17(22)19-14;1-10-7-8-12(13-9-10)11-5-3-2-4-6-11;/h4-9H,1-3H3,(H2,19,20,21,22);2-5,7-9H,1H3;/q;-1;/p-1. The number of pyridine rings is 2. The maximum Gasteiger partial charge on any atom is 0.174 e. The summed E-state index contributed by atoms with van der Waals surface area (Å²) >= 11 is 0. The molecule has 185 valence electrons. The maximum atomic E-state index is 11.8. The summed E-state index contributed by atoms with van der Waals surface area (Å²) in [6.07, 6.45) is 3.55. The fourth-order valence-electron chi connectivity index (χ4n) is 3.67. The average Bonchev–Trinajstić information content (AvgIpc) is 2.87. The molecule has 3 heterocycles. The van der Waals surface area contributed by atoms with Crippen LogP contribution in [0.3, 0.4) is 0 Å². The van der Waals surface area contributed by atoms with Crippen LogP contribution in [0.25, 0.3) is 33.4 Å². The van der Waals surface area contributed by atoms with E-state index in [2.05, 4.69) is 52.0 Å². The molecule has 3 aromatic heterocycles. The normalized spacial score (nSPS) is 10.5. The number of nitrogens with one attached hydrogen (secondary N) is 1. The topological polar surface area (TPSA) is 89.8 Å². The zero-order chi connectivity index (χ0) is 24.9. The first kappa shape index (κ1) is 26.9. The number of fused-ring (bicyclic) bond motifs is 1. The van der Waals surface area contributed by atoms with Gasteiger partial charge >= 0.3 is 0 Å². The summed E-state index contributed by atoms with van der Waals surface area (Å²) in [7, 11) is 0. The Morgan fingerprint density at radius 3 is 2.44 bits per heavy atom. The van der Waals surface area contributed by atoms with Crippen LogP contribution in [-0.2, 0) is 20.1 Å². The van der Waals surface area contributed by atoms with Crippen LogP contribution in [0.2, 0.25) is 0 Å². The Kier molecular flexibility index (Phi) is 8.86. The van der Waals surface area contributed by atoms with Gasteiger partial charge in [-0.3, -0.25) is 14.6 Å². The molecule has 0 fully saturated rings. The fourth-order valence-corrected chi connectivity index (χ4v) is 3.67. The van der Waals surface area contributed by atoms with E-state index in [9.17, 15) is 9.59 Å². The molecule has 1 N–H and O–H groups in total. The van der Waals surface area contributed by atoms with Crippen LogP contribution < -0.4 is 16.2 Å². The molecule has 0 spiro atoms. The van der Waals surface area contributed by atoms with Crippen molar-refractivity contribution in [1.29, 1.82) is 0 Å². The zero-order valence-corrected chi connectivity index (χ0v) is 22.9. The van der Waals surface area contributed by atoms with Gasteiger partial charge in [0.2, 0.25) is 0 Å². The first-order valence-corrected chi connectivity index (χ1v) is 11.4. The number of hydrogen-bond acceptors (Lipinski definition) is 4. The summed E-state index contributed by atoms with van der Waals surface area (Å²) in [5, 5.41) is 1.90. The number of aryl methyl sites for hydroxylation is 1. The molecule has 0 amide bonds. The Balaban J connectivity index is 0.000000221. The number of hydrogen-bond donors (Lipinski definition) is 1. The van der Waals surface area contributed by atoms with Gasteiger partial charge in [-0.15, -0.1) is 35.9 Å². The molecule has 5 rings (SSSR count). The van der Waals surface area contributed by atoms with Gasteiger partial charge in [-0.05, 0) is 59.3 Å². The van der Waals surface area contributed by atoms with Crippen molar-refractivity contribution >= 4 is 10.8 Å². The first-order chi connectivity index (χ1) is 16.8.